The average molecular weight is 180 g/mol. The zero-order valence-corrected chi connectivity index (χ0v) is 8.25. The number of hydrogen-bond donors (Lipinski definition) is 1. The molecule has 1 aliphatic carbocycles. The molecule has 72 valence electrons. The van der Waals surface area contributed by atoms with E-state index >= 15 is 0 Å². The van der Waals surface area contributed by atoms with Crippen LogP contribution in [-0.2, 0) is 19.9 Å². The summed E-state index contributed by atoms with van der Waals surface area (Å²) in [7, 11) is 2.07. The number of aliphatic hydroxyl groups excluding tert-OH is 1. The van der Waals surface area contributed by atoms with E-state index in [4.69, 9.17) is 5.11 Å². The van der Waals surface area contributed by atoms with Crippen molar-refractivity contribution >= 4 is 0 Å². The Hall–Kier alpha value is -0.830. The van der Waals surface area contributed by atoms with Crippen molar-refractivity contribution in [3.8, 4) is 0 Å². The first kappa shape index (κ1) is 8.75. The maximum atomic E-state index is 9.06. The van der Waals surface area contributed by atoms with E-state index in [-0.39, 0.29) is 0 Å². The lowest BCUT2D eigenvalue weighted by molar-refractivity contribution is 0.211. The first-order valence-electron chi connectivity index (χ1n) is 4.84. The van der Waals surface area contributed by atoms with Gasteiger partial charge < -0.3 is 9.67 Å². The van der Waals surface area contributed by atoms with Gasteiger partial charge in [-0.05, 0) is 32.1 Å². The summed E-state index contributed by atoms with van der Waals surface area (Å²) in [6.45, 7) is 2.33. The second-order valence-electron chi connectivity index (χ2n) is 3.90. The second kappa shape index (κ2) is 3.14. The third kappa shape index (κ3) is 1.37. The Kier molecular flexibility index (Phi) is 2.12. The summed E-state index contributed by atoms with van der Waals surface area (Å²) in [6.07, 6.45) is 3.12. The minimum atomic E-state index is 0.301. The van der Waals surface area contributed by atoms with Crippen molar-refractivity contribution in [1.29, 1.82) is 0 Å². The molecule has 0 saturated carbocycles. The fourth-order valence-electron chi connectivity index (χ4n) is 2.07. The molecule has 0 radical (unpaired) electrons. The highest BCUT2D eigenvalue weighted by Crippen LogP contribution is 2.24. The van der Waals surface area contributed by atoms with Crippen LogP contribution in [0.15, 0.2) is 0 Å². The largest absolute Gasteiger partial charge is 0.396 e. The molecule has 3 nitrogen and oxygen atoms in total. The molecular weight excluding hydrogens is 164 g/mol. The van der Waals surface area contributed by atoms with Crippen LogP contribution in [-0.4, -0.2) is 21.3 Å². The maximum Gasteiger partial charge on any atom is 0.105 e. The average Bonchev–Trinajstić information content (AvgIpc) is 2.42. The summed E-state index contributed by atoms with van der Waals surface area (Å²) in [5.74, 6) is 1.52. The first-order chi connectivity index (χ1) is 6.22. The fraction of sp³-hybridized carbons (Fsp3) is 0.700. The fourth-order valence-corrected chi connectivity index (χ4v) is 2.07. The van der Waals surface area contributed by atoms with Gasteiger partial charge in [0.2, 0.25) is 0 Å². The van der Waals surface area contributed by atoms with Crippen LogP contribution in [0.5, 0.6) is 0 Å². The Morgan fingerprint density at radius 2 is 2.38 bits per heavy atom. The molecule has 3 heteroatoms. The Morgan fingerprint density at radius 1 is 1.62 bits per heavy atom. The number of nitrogens with zero attached hydrogens (tertiary/aromatic N) is 2. The number of aryl methyl sites for hydroxylation is 1. The molecule has 1 unspecified atom stereocenters. The number of aliphatic hydroxyl groups is 1. The summed E-state index contributed by atoms with van der Waals surface area (Å²) < 4.78 is 2.17. The Balaban J connectivity index is 2.31. The molecule has 1 aromatic heterocycles. The van der Waals surface area contributed by atoms with E-state index < -0.39 is 0 Å². The number of imidazole rings is 1. The zero-order chi connectivity index (χ0) is 9.42. The van der Waals surface area contributed by atoms with Crippen LogP contribution in [0.25, 0.3) is 0 Å². The highest BCUT2D eigenvalue weighted by molar-refractivity contribution is 5.20. The van der Waals surface area contributed by atoms with Crippen LogP contribution in [0, 0.1) is 12.8 Å². The predicted molar refractivity (Wildman–Crippen MR) is 50.5 cm³/mol. The third-order valence-electron chi connectivity index (χ3n) is 3.05. The molecule has 13 heavy (non-hydrogen) atoms. The van der Waals surface area contributed by atoms with Gasteiger partial charge in [-0.3, -0.25) is 0 Å². The van der Waals surface area contributed by atoms with Gasteiger partial charge in [0.25, 0.3) is 0 Å². The normalized spacial score (nSPS) is 21.6. The van der Waals surface area contributed by atoms with Gasteiger partial charge >= 0.3 is 0 Å². The summed E-state index contributed by atoms with van der Waals surface area (Å²) in [4.78, 5) is 4.50. The Labute approximate surface area is 78.4 Å². The molecule has 1 atom stereocenters. The van der Waals surface area contributed by atoms with E-state index in [1.54, 1.807) is 0 Å². The molecule has 2 rings (SSSR count). The molecule has 0 saturated heterocycles. The van der Waals surface area contributed by atoms with E-state index in [2.05, 4.69) is 16.6 Å². The standard InChI is InChI=1S/C10H16N2O/c1-7-11-9-5-8(6-13)3-4-10(9)12(7)2/h8,13H,3-6H2,1-2H3. The molecule has 1 N–H and O–H groups in total. The molecule has 1 heterocycles. The number of rotatable bonds is 1. The van der Waals surface area contributed by atoms with Crippen molar-refractivity contribution in [2.75, 3.05) is 6.61 Å². The summed E-state index contributed by atoms with van der Waals surface area (Å²) in [5, 5.41) is 9.06. The van der Waals surface area contributed by atoms with Crippen molar-refractivity contribution < 1.29 is 5.11 Å². The van der Waals surface area contributed by atoms with Crippen LogP contribution < -0.4 is 0 Å². The number of aromatic nitrogens is 2. The van der Waals surface area contributed by atoms with Gasteiger partial charge in [-0.25, -0.2) is 4.98 Å². The quantitative estimate of drug-likeness (QED) is 0.695. The van der Waals surface area contributed by atoms with Gasteiger partial charge in [-0.2, -0.15) is 0 Å². The van der Waals surface area contributed by atoms with Crippen LogP contribution in [0.2, 0.25) is 0 Å². The van der Waals surface area contributed by atoms with Gasteiger partial charge in [-0.1, -0.05) is 0 Å². The number of fused-ring (bicyclic) bond motifs is 1. The lowest BCUT2D eigenvalue weighted by Gasteiger charge is -2.19. The second-order valence-corrected chi connectivity index (χ2v) is 3.90. The van der Waals surface area contributed by atoms with Crippen LogP contribution in [0.3, 0.4) is 0 Å². The number of hydrogen-bond acceptors (Lipinski definition) is 2. The molecule has 1 aliphatic rings. The lowest BCUT2D eigenvalue weighted by Crippen LogP contribution is -2.18. The molecule has 1 aromatic rings. The summed E-state index contributed by atoms with van der Waals surface area (Å²) in [6, 6.07) is 0. The Bertz CT molecular complexity index is 317. The van der Waals surface area contributed by atoms with Crippen LogP contribution in [0.4, 0.5) is 0 Å². The highest BCUT2D eigenvalue weighted by atomic mass is 16.3. The van der Waals surface area contributed by atoms with E-state index in [9.17, 15) is 0 Å². The van der Waals surface area contributed by atoms with Crippen molar-refractivity contribution in [2.24, 2.45) is 13.0 Å². The first-order valence-corrected chi connectivity index (χ1v) is 4.84. The molecular formula is C10H16N2O. The van der Waals surface area contributed by atoms with E-state index in [1.807, 2.05) is 6.92 Å². The molecule has 0 amide bonds. The van der Waals surface area contributed by atoms with Crippen LogP contribution in [0.1, 0.15) is 23.6 Å². The summed E-state index contributed by atoms with van der Waals surface area (Å²) >= 11 is 0. The van der Waals surface area contributed by atoms with Gasteiger partial charge in [0.05, 0.1) is 5.69 Å². The minimum absolute atomic E-state index is 0.301. The van der Waals surface area contributed by atoms with Crippen LogP contribution >= 0.6 is 0 Å². The van der Waals surface area contributed by atoms with E-state index in [0.29, 0.717) is 12.5 Å². The monoisotopic (exact) mass is 180 g/mol. The highest BCUT2D eigenvalue weighted by Gasteiger charge is 2.22. The summed E-state index contributed by atoms with van der Waals surface area (Å²) in [5.41, 5.74) is 2.56. The minimum Gasteiger partial charge on any atom is -0.396 e. The predicted octanol–water partition coefficient (Wildman–Crippen LogP) is 0.826. The smallest absolute Gasteiger partial charge is 0.105 e. The zero-order valence-electron chi connectivity index (χ0n) is 8.25. The van der Waals surface area contributed by atoms with Crippen molar-refractivity contribution in [3.05, 3.63) is 17.2 Å². The molecule has 0 spiro atoms. The lowest BCUT2D eigenvalue weighted by atomic mass is 9.90. The van der Waals surface area contributed by atoms with Crippen molar-refractivity contribution in [3.63, 3.8) is 0 Å². The van der Waals surface area contributed by atoms with E-state index in [0.717, 1.165) is 25.1 Å². The van der Waals surface area contributed by atoms with Gasteiger partial charge in [0.15, 0.2) is 0 Å². The van der Waals surface area contributed by atoms with Gasteiger partial charge in [0.1, 0.15) is 5.82 Å². The third-order valence-corrected chi connectivity index (χ3v) is 3.05. The molecule has 0 bridgehead atoms. The SMILES string of the molecule is Cc1nc2c(n1C)CCC(CO)C2. The van der Waals surface area contributed by atoms with E-state index in [1.165, 1.54) is 11.4 Å². The van der Waals surface area contributed by atoms with Crippen molar-refractivity contribution in [1.82, 2.24) is 9.55 Å². The molecule has 0 aliphatic heterocycles. The maximum absolute atomic E-state index is 9.06. The topological polar surface area (TPSA) is 38.0 Å². The van der Waals surface area contributed by atoms with Gasteiger partial charge in [0, 0.05) is 19.3 Å². The van der Waals surface area contributed by atoms with Gasteiger partial charge in [-0.15, -0.1) is 0 Å². The molecule has 0 fully saturated rings. The molecule has 0 aromatic carbocycles. The van der Waals surface area contributed by atoms with Crippen molar-refractivity contribution in [2.45, 2.75) is 26.2 Å². The Morgan fingerprint density at radius 3 is 3.08 bits per heavy atom.